The largest absolute Gasteiger partial charge is 0.382 e. The zero-order chi connectivity index (χ0) is 12.5. The first-order valence-corrected chi connectivity index (χ1v) is 5.46. The second-order valence-electron chi connectivity index (χ2n) is 3.45. The first-order chi connectivity index (χ1) is 8.75. The lowest BCUT2D eigenvalue weighted by Gasteiger charge is -2.08. The van der Waals surface area contributed by atoms with Gasteiger partial charge in [-0.05, 0) is 12.1 Å². The number of hydrogen-bond donors (Lipinski definition) is 1. The molecule has 0 saturated heterocycles. The highest BCUT2D eigenvalue weighted by atomic mass is 35.5. The summed E-state index contributed by atoms with van der Waals surface area (Å²) in [6, 6.07) is 3.53. The Morgan fingerprint density at radius 3 is 2.28 bits per heavy atom. The zero-order valence-electron chi connectivity index (χ0n) is 9.10. The first kappa shape index (κ1) is 10.7. The summed E-state index contributed by atoms with van der Waals surface area (Å²) in [5.41, 5.74) is 5.77. The van der Waals surface area contributed by atoms with Crippen molar-refractivity contribution < 1.29 is 0 Å². The number of nitrogens with two attached hydrogens (primary N) is 1. The fraction of sp³-hybridized carbons (Fsp3) is 0. The number of anilines is 1. The van der Waals surface area contributed by atoms with E-state index in [-0.39, 0.29) is 10.8 Å². The molecule has 0 amide bonds. The third kappa shape index (κ3) is 1.70. The van der Waals surface area contributed by atoms with Gasteiger partial charge in [0.1, 0.15) is 10.8 Å². The van der Waals surface area contributed by atoms with E-state index in [1.54, 1.807) is 36.9 Å². The van der Waals surface area contributed by atoms with Gasteiger partial charge >= 0.3 is 0 Å². The van der Waals surface area contributed by atoms with Gasteiger partial charge in [0, 0.05) is 24.8 Å². The minimum Gasteiger partial charge on any atom is -0.382 e. The van der Waals surface area contributed by atoms with Crippen molar-refractivity contribution in [2.75, 3.05) is 5.73 Å². The Bertz CT molecular complexity index is 660. The number of nitrogens with zero attached hydrogens (tertiary/aromatic N) is 6. The molecule has 0 radical (unpaired) electrons. The molecule has 90 valence electrons. The molecule has 18 heavy (non-hydrogen) atoms. The number of hydrogen-bond acceptors (Lipinski definition) is 5. The molecule has 3 aromatic rings. The Hall–Kier alpha value is -2.41. The SMILES string of the molecule is Nc1nc(-n2cccn2)nc(-n2cccn2)c1Cl. The Morgan fingerprint density at radius 2 is 1.67 bits per heavy atom. The van der Waals surface area contributed by atoms with Crippen molar-refractivity contribution in [2.45, 2.75) is 0 Å². The molecular weight excluding hydrogens is 254 g/mol. The van der Waals surface area contributed by atoms with Crippen LogP contribution < -0.4 is 5.73 Å². The maximum Gasteiger partial charge on any atom is 0.254 e. The Morgan fingerprint density at radius 1 is 1.00 bits per heavy atom. The quantitative estimate of drug-likeness (QED) is 0.746. The molecule has 0 aliphatic rings. The molecule has 7 nitrogen and oxygen atoms in total. The molecule has 0 fully saturated rings. The minimum atomic E-state index is 0.183. The van der Waals surface area contributed by atoms with Gasteiger partial charge in [-0.1, -0.05) is 11.6 Å². The van der Waals surface area contributed by atoms with Crippen molar-refractivity contribution in [3.8, 4) is 11.8 Å². The molecule has 0 aromatic carbocycles. The number of aromatic nitrogens is 6. The summed E-state index contributed by atoms with van der Waals surface area (Å²) in [4.78, 5) is 8.38. The molecule has 0 aliphatic carbocycles. The molecular formula is C10H8ClN7. The third-order valence-electron chi connectivity index (χ3n) is 2.28. The summed E-state index contributed by atoms with van der Waals surface area (Å²) in [5, 5.41) is 8.37. The third-order valence-corrected chi connectivity index (χ3v) is 2.64. The molecule has 3 aromatic heterocycles. The van der Waals surface area contributed by atoms with Gasteiger partial charge in [-0.2, -0.15) is 20.2 Å². The summed E-state index contributed by atoms with van der Waals surface area (Å²) >= 11 is 6.08. The molecule has 0 unspecified atom stereocenters. The van der Waals surface area contributed by atoms with Gasteiger partial charge in [-0.3, -0.25) is 0 Å². The second-order valence-corrected chi connectivity index (χ2v) is 3.83. The predicted octanol–water partition coefficient (Wildman–Crippen LogP) is 1.08. The smallest absolute Gasteiger partial charge is 0.254 e. The molecule has 0 aliphatic heterocycles. The van der Waals surface area contributed by atoms with Crippen LogP contribution in [0.15, 0.2) is 36.9 Å². The average Bonchev–Trinajstić information content (AvgIpc) is 3.03. The molecule has 0 bridgehead atoms. The van der Waals surface area contributed by atoms with Gasteiger partial charge in [-0.25, -0.2) is 9.36 Å². The lowest BCUT2D eigenvalue weighted by molar-refractivity contribution is 0.777. The van der Waals surface area contributed by atoms with Crippen LogP contribution in [0.3, 0.4) is 0 Å². The highest BCUT2D eigenvalue weighted by Crippen LogP contribution is 2.23. The molecule has 0 saturated carbocycles. The summed E-state index contributed by atoms with van der Waals surface area (Å²) in [6.07, 6.45) is 6.69. The average molecular weight is 262 g/mol. The molecule has 0 spiro atoms. The van der Waals surface area contributed by atoms with E-state index in [2.05, 4.69) is 20.2 Å². The fourth-order valence-electron chi connectivity index (χ4n) is 1.48. The van der Waals surface area contributed by atoms with Gasteiger partial charge in [-0.15, -0.1) is 0 Å². The van der Waals surface area contributed by atoms with Gasteiger partial charge in [0.05, 0.1) is 0 Å². The van der Waals surface area contributed by atoms with Crippen molar-refractivity contribution in [1.82, 2.24) is 29.5 Å². The van der Waals surface area contributed by atoms with Crippen molar-refractivity contribution >= 4 is 17.4 Å². The van der Waals surface area contributed by atoms with Crippen molar-refractivity contribution in [1.29, 1.82) is 0 Å². The van der Waals surface area contributed by atoms with Crippen LogP contribution in [0.25, 0.3) is 11.8 Å². The van der Waals surface area contributed by atoms with Crippen LogP contribution in [0.4, 0.5) is 5.82 Å². The van der Waals surface area contributed by atoms with E-state index in [9.17, 15) is 0 Å². The van der Waals surface area contributed by atoms with E-state index in [1.165, 1.54) is 9.36 Å². The van der Waals surface area contributed by atoms with E-state index in [1.807, 2.05) is 0 Å². The molecule has 0 atom stereocenters. The van der Waals surface area contributed by atoms with E-state index < -0.39 is 0 Å². The Balaban J connectivity index is 2.20. The van der Waals surface area contributed by atoms with Gasteiger partial charge < -0.3 is 5.73 Å². The Kier molecular flexibility index (Phi) is 2.45. The van der Waals surface area contributed by atoms with E-state index in [0.717, 1.165) is 0 Å². The van der Waals surface area contributed by atoms with E-state index >= 15 is 0 Å². The highest BCUT2D eigenvalue weighted by Gasteiger charge is 2.13. The van der Waals surface area contributed by atoms with Crippen LogP contribution in [-0.2, 0) is 0 Å². The predicted molar refractivity (Wildman–Crippen MR) is 65.7 cm³/mol. The van der Waals surface area contributed by atoms with Crippen molar-refractivity contribution in [2.24, 2.45) is 0 Å². The standard InChI is InChI=1S/C10H8ClN7/c11-7-8(12)15-10(18-6-2-4-14-18)16-9(7)17-5-1-3-13-17/h1-6H,(H2,12,15,16). The van der Waals surface area contributed by atoms with Gasteiger partial charge in [0.2, 0.25) is 0 Å². The van der Waals surface area contributed by atoms with Crippen LogP contribution in [0.2, 0.25) is 5.02 Å². The number of halogens is 1. The molecule has 3 heterocycles. The van der Waals surface area contributed by atoms with Crippen LogP contribution in [0.1, 0.15) is 0 Å². The number of nitrogen functional groups attached to an aromatic ring is 1. The Labute approximate surface area is 107 Å². The maximum absolute atomic E-state index is 6.08. The molecule has 2 N–H and O–H groups in total. The van der Waals surface area contributed by atoms with Gasteiger partial charge in [0.15, 0.2) is 5.82 Å². The maximum atomic E-state index is 6.08. The molecule has 3 rings (SSSR count). The molecule has 8 heteroatoms. The van der Waals surface area contributed by atoms with Crippen LogP contribution in [-0.4, -0.2) is 29.5 Å². The minimum absolute atomic E-state index is 0.183. The summed E-state index contributed by atoms with van der Waals surface area (Å²) in [7, 11) is 0. The van der Waals surface area contributed by atoms with Crippen LogP contribution in [0.5, 0.6) is 0 Å². The van der Waals surface area contributed by atoms with Crippen molar-refractivity contribution in [3.05, 3.63) is 41.9 Å². The van der Waals surface area contributed by atoms with E-state index in [0.29, 0.717) is 11.8 Å². The first-order valence-electron chi connectivity index (χ1n) is 5.09. The van der Waals surface area contributed by atoms with Gasteiger partial charge in [0.25, 0.3) is 5.95 Å². The lowest BCUT2D eigenvalue weighted by atomic mass is 10.5. The normalized spacial score (nSPS) is 10.7. The number of rotatable bonds is 2. The monoisotopic (exact) mass is 261 g/mol. The highest BCUT2D eigenvalue weighted by molar-refractivity contribution is 6.34. The van der Waals surface area contributed by atoms with E-state index in [4.69, 9.17) is 17.3 Å². The summed E-state index contributed by atoms with van der Waals surface area (Å²) in [5.74, 6) is 0.940. The second kappa shape index (κ2) is 4.11. The zero-order valence-corrected chi connectivity index (χ0v) is 9.86. The van der Waals surface area contributed by atoms with Crippen LogP contribution >= 0.6 is 11.6 Å². The van der Waals surface area contributed by atoms with Crippen molar-refractivity contribution in [3.63, 3.8) is 0 Å². The summed E-state index contributed by atoms with van der Waals surface area (Å²) in [6.45, 7) is 0. The fourth-order valence-corrected chi connectivity index (χ4v) is 1.65. The lowest BCUT2D eigenvalue weighted by Crippen LogP contribution is -2.10. The van der Waals surface area contributed by atoms with Crippen LogP contribution in [0, 0.1) is 0 Å². The topological polar surface area (TPSA) is 87.4 Å². The summed E-state index contributed by atoms with van der Waals surface area (Å²) < 4.78 is 3.02.